The van der Waals surface area contributed by atoms with Crippen LogP contribution in [0.1, 0.15) is 41.2 Å². The first-order chi connectivity index (χ1) is 11.9. The molecule has 5 nitrogen and oxygen atoms in total. The third-order valence-electron chi connectivity index (χ3n) is 4.61. The van der Waals surface area contributed by atoms with E-state index >= 15 is 0 Å². The quantitative estimate of drug-likeness (QED) is 0.835. The van der Waals surface area contributed by atoms with Gasteiger partial charge in [-0.05, 0) is 45.4 Å². The number of benzene rings is 1. The summed E-state index contributed by atoms with van der Waals surface area (Å²) in [7, 11) is 0. The zero-order valence-electron chi connectivity index (χ0n) is 14.5. The van der Waals surface area contributed by atoms with Gasteiger partial charge in [0.25, 0.3) is 0 Å². The van der Waals surface area contributed by atoms with Crippen molar-refractivity contribution >= 4 is 23.0 Å². The Bertz CT molecular complexity index is 921. The van der Waals surface area contributed by atoms with Gasteiger partial charge in [-0.25, -0.2) is 9.78 Å². The normalized spacial score (nSPS) is 14.6. The number of hydrogen-bond acceptors (Lipinski definition) is 5. The van der Waals surface area contributed by atoms with Crippen molar-refractivity contribution in [2.45, 2.75) is 27.2 Å². The summed E-state index contributed by atoms with van der Waals surface area (Å²) in [6.45, 7) is 7.71. The van der Waals surface area contributed by atoms with E-state index in [0.29, 0.717) is 16.3 Å². The van der Waals surface area contributed by atoms with Crippen LogP contribution in [-0.2, 0) is 0 Å². The molecule has 1 aliphatic rings. The SMILES string of the molecule is CC1=C(C)CN(c2ccc(-c3nc(C)c(C(=O)O)s3)cc2C#N)CC1. The van der Waals surface area contributed by atoms with Crippen LogP contribution in [-0.4, -0.2) is 29.1 Å². The number of carbonyl (C=O) groups is 1. The van der Waals surface area contributed by atoms with Gasteiger partial charge in [-0.1, -0.05) is 11.1 Å². The number of aromatic carboxylic acids is 1. The van der Waals surface area contributed by atoms with Gasteiger partial charge in [0.15, 0.2) is 0 Å². The predicted molar refractivity (Wildman–Crippen MR) is 99.2 cm³/mol. The number of carboxylic acid groups (broad SMARTS) is 1. The molecule has 2 heterocycles. The topological polar surface area (TPSA) is 77.2 Å². The van der Waals surface area contributed by atoms with Crippen molar-refractivity contribution in [1.29, 1.82) is 5.26 Å². The monoisotopic (exact) mass is 353 g/mol. The molecule has 1 N–H and O–H groups in total. The van der Waals surface area contributed by atoms with Crippen LogP contribution in [0.15, 0.2) is 29.3 Å². The zero-order valence-corrected chi connectivity index (χ0v) is 15.3. The summed E-state index contributed by atoms with van der Waals surface area (Å²) in [5.41, 5.74) is 5.56. The molecular weight excluding hydrogens is 334 g/mol. The average Bonchev–Trinajstić information content (AvgIpc) is 2.99. The zero-order chi connectivity index (χ0) is 18.1. The molecule has 1 aliphatic heterocycles. The van der Waals surface area contributed by atoms with Crippen molar-refractivity contribution < 1.29 is 9.90 Å². The third-order valence-corrected chi connectivity index (χ3v) is 5.80. The Balaban J connectivity index is 1.97. The van der Waals surface area contributed by atoms with E-state index in [0.717, 1.165) is 42.1 Å². The Kier molecular flexibility index (Phi) is 4.60. The molecule has 3 rings (SSSR count). The molecule has 128 valence electrons. The highest BCUT2D eigenvalue weighted by Crippen LogP contribution is 2.33. The van der Waals surface area contributed by atoms with Gasteiger partial charge in [0.05, 0.1) is 16.9 Å². The third kappa shape index (κ3) is 3.28. The molecule has 0 unspecified atom stereocenters. The van der Waals surface area contributed by atoms with Crippen molar-refractivity contribution in [1.82, 2.24) is 4.98 Å². The summed E-state index contributed by atoms with van der Waals surface area (Å²) < 4.78 is 0. The first-order valence-corrected chi connectivity index (χ1v) is 8.87. The summed E-state index contributed by atoms with van der Waals surface area (Å²) in [5.74, 6) is -0.968. The first kappa shape index (κ1) is 17.2. The average molecular weight is 353 g/mol. The lowest BCUT2D eigenvalue weighted by molar-refractivity contribution is 0.0701. The molecule has 0 fully saturated rings. The Morgan fingerprint density at radius 1 is 1.32 bits per heavy atom. The van der Waals surface area contributed by atoms with Gasteiger partial charge in [0.1, 0.15) is 16.0 Å². The number of rotatable bonds is 3. The number of thiazole rings is 1. The largest absolute Gasteiger partial charge is 0.477 e. The number of aromatic nitrogens is 1. The Morgan fingerprint density at radius 2 is 2.08 bits per heavy atom. The molecule has 1 aromatic carbocycles. The molecule has 0 radical (unpaired) electrons. The molecule has 0 bridgehead atoms. The first-order valence-electron chi connectivity index (χ1n) is 8.06. The molecule has 1 aromatic heterocycles. The van der Waals surface area contributed by atoms with Gasteiger partial charge >= 0.3 is 5.97 Å². The molecule has 2 aromatic rings. The molecule has 0 aliphatic carbocycles. The second kappa shape index (κ2) is 6.69. The lowest BCUT2D eigenvalue weighted by Gasteiger charge is -2.31. The summed E-state index contributed by atoms with van der Waals surface area (Å²) in [5, 5.41) is 19.4. The van der Waals surface area contributed by atoms with E-state index in [1.807, 2.05) is 12.1 Å². The Hall–Kier alpha value is -2.65. The van der Waals surface area contributed by atoms with E-state index in [1.165, 1.54) is 11.1 Å². The molecular formula is C19H19N3O2S. The van der Waals surface area contributed by atoms with Crippen LogP contribution in [0.2, 0.25) is 0 Å². The Morgan fingerprint density at radius 3 is 2.68 bits per heavy atom. The summed E-state index contributed by atoms with van der Waals surface area (Å²) in [4.78, 5) is 18.0. The van der Waals surface area contributed by atoms with Gasteiger partial charge < -0.3 is 10.0 Å². The predicted octanol–water partition coefficient (Wildman–Crippen LogP) is 4.23. The van der Waals surface area contributed by atoms with Gasteiger partial charge in [-0.2, -0.15) is 5.26 Å². The minimum absolute atomic E-state index is 0.241. The molecule has 0 atom stereocenters. The number of hydrogen-bond donors (Lipinski definition) is 1. The smallest absolute Gasteiger partial charge is 0.347 e. The van der Waals surface area contributed by atoms with Crippen LogP contribution < -0.4 is 4.90 Å². The standard InChI is InChI=1S/C19H19N3O2S/c1-11-6-7-22(10-12(11)2)16-5-4-14(8-15(16)9-20)18-21-13(3)17(25-18)19(23)24/h4-5,8H,6-7,10H2,1-3H3,(H,23,24). The summed E-state index contributed by atoms with van der Waals surface area (Å²) >= 11 is 1.14. The number of nitrogens with zero attached hydrogens (tertiary/aromatic N) is 3. The fourth-order valence-corrected chi connectivity index (χ4v) is 3.88. The van der Waals surface area contributed by atoms with Crippen LogP contribution in [0.3, 0.4) is 0 Å². The highest BCUT2D eigenvalue weighted by molar-refractivity contribution is 7.17. The maximum atomic E-state index is 11.2. The van der Waals surface area contributed by atoms with Crippen molar-refractivity contribution in [2.24, 2.45) is 0 Å². The van der Waals surface area contributed by atoms with Crippen molar-refractivity contribution in [3.63, 3.8) is 0 Å². The second-order valence-corrected chi connectivity index (χ2v) is 7.31. The van der Waals surface area contributed by atoms with Crippen LogP contribution >= 0.6 is 11.3 Å². The van der Waals surface area contributed by atoms with Gasteiger partial charge in [0, 0.05) is 18.7 Å². The Labute approximate surface area is 150 Å². The van der Waals surface area contributed by atoms with E-state index in [2.05, 4.69) is 29.8 Å². The second-order valence-electron chi connectivity index (χ2n) is 6.31. The molecule has 25 heavy (non-hydrogen) atoms. The van der Waals surface area contributed by atoms with Crippen molar-refractivity contribution in [3.8, 4) is 16.6 Å². The van der Waals surface area contributed by atoms with Crippen LogP contribution in [0.25, 0.3) is 10.6 Å². The number of anilines is 1. The summed E-state index contributed by atoms with van der Waals surface area (Å²) in [6.07, 6.45) is 1.01. The van der Waals surface area contributed by atoms with Crippen LogP contribution in [0, 0.1) is 18.3 Å². The van der Waals surface area contributed by atoms with E-state index < -0.39 is 5.97 Å². The van der Waals surface area contributed by atoms with Gasteiger partial charge in [0.2, 0.25) is 0 Å². The van der Waals surface area contributed by atoms with Crippen molar-refractivity contribution in [2.75, 3.05) is 18.0 Å². The van der Waals surface area contributed by atoms with Gasteiger partial charge in [-0.3, -0.25) is 0 Å². The van der Waals surface area contributed by atoms with Crippen molar-refractivity contribution in [3.05, 3.63) is 45.5 Å². The maximum absolute atomic E-state index is 11.2. The lowest BCUT2D eigenvalue weighted by atomic mass is 10.0. The minimum Gasteiger partial charge on any atom is -0.477 e. The highest BCUT2D eigenvalue weighted by Gasteiger charge is 2.19. The van der Waals surface area contributed by atoms with E-state index in [4.69, 9.17) is 0 Å². The van der Waals surface area contributed by atoms with Gasteiger partial charge in [-0.15, -0.1) is 11.3 Å². The summed E-state index contributed by atoms with van der Waals surface area (Å²) in [6, 6.07) is 7.94. The number of aryl methyl sites for hydroxylation is 1. The molecule has 0 saturated carbocycles. The fourth-order valence-electron chi connectivity index (χ4n) is 2.97. The lowest BCUT2D eigenvalue weighted by Crippen LogP contribution is -2.31. The van der Waals surface area contributed by atoms with Crippen LogP contribution in [0.5, 0.6) is 0 Å². The van der Waals surface area contributed by atoms with E-state index in [-0.39, 0.29) is 4.88 Å². The number of carboxylic acids is 1. The molecule has 6 heteroatoms. The molecule has 0 saturated heterocycles. The maximum Gasteiger partial charge on any atom is 0.347 e. The van der Waals surface area contributed by atoms with Crippen LogP contribution in [0.4, 0.5) is 5.69 Å². The van der Waals surface area contributed by atoms with E-state index in [1.54, 1.807) is 13.0 Å². The fraction of sp³-hybridized carbons (Fsp3) is 0.316. The molecule has 0 amide bonds. The number of nitriles is 1. The molecule has 0 spiro atoms. The van der Waals surface area contributed by atoms with E-state index in [9.17, 15) is 15.2 Å². The minimum atomic E-state index is -0.968. The highest BCUT2D eigenvalue weighted by atomic mass is 32.1.